The topological polar surface area (TPSA) is 126 Å². The van der Waals surface area contributed by atoms with Crippen LogP contribution in [0.1, 0.15) is 21.8 Å². The van der Waals surface area contributed by atoms with Gasteiger partial charge >= 0.3 is 0 Å². The Labute approximate surface area is 166 Å². The lowest BCUT2D eigenvalue weighted by Crippen LogP contribution is -2.13. The Morgan fingerprint density at radius 2 is 2.03 bits per heavy atom. The molecule has 0 spiro atoms. The fourth-order valence-electron chi connectivity index (χ4n) is 3.02. The molecule has 3 aromatic heterocycles. The molecule has 1 amide bonds. The molecule has 4 rings (SSSR count). The highest BCUT2D eigenvalue weighted by Crippen LogP contribution is 2.29. The number of phenols is 1. The molecule has 8 nitrogen and oxygen atoms in total. The summed E-state index contributed by atoms with van der Waals surface area (Å²) in [5, 5.41) is 16.3. The summed E-state index contributed by atoms with van der Waals surface area (Å²) in [6, 6.07) is 11.8. The molecule has 0 atom stereocenters. The van der Waals surface area contributed by atoms with Crippen LogP contribution < -0.4 is 16.4 Å². The molecule has 3 heterocycles. The van der Waals surface area contributed by atoms with Crippen LogP contribution in [0.15, 0.2) is 59.3 Å². The third kappa shape index (κ3) is 3.81. The van der Waals surface area contributed by atoms with Gasteiger partial charge in [-0.15, -0.1) is 0 Å². The number of fused-ring (bicyclic) bond motifs is 1. The predicted molar refractivity (Wildman–Crippen MR) is 111 cm³/mol. The molecular weight excluding hydrogens is 370 g/mol. The number of hydrogen-bond donors (Lipinski definition) is 4. The standard InChI is InChI=1S/C21H19N5O3/c1-12-16-10-15(27)4-5-18(16)29-19(12)21(28)26-13-6-8-23-14(9-13)11-25-17-3-2-7-24-20(17)22/h2-10,25,27H,11H2,1H3,(H2,22,24)(H,23,26,28). The number of nitrogens with two attached hydrogens (primary N) is 1. The molecule has 0 aliphatic carbocycles. The van der Waals surface area contributed by atoms with Gasteiger partial charge in [-0.05, 0) is 49.4 Å². The minimum Gasteiger partial charge on any atom is -0.508 e. The van der Waals surface area contributed by atoms with Crippen molar-refractivity contribution < 1.29 is 14.3 Å². The van der Waals surface area contributed by atoms with Crippen molar-refractivity contribution in [1.29, 1.82) is 0 Å². The molecule has 29 heavy (non-hydrogen) atoms. The van der Waals surface area contributed by atoms with Gasteiger partial charge in [-0.2, -0.15) is 0 Å². The molecule has 0 radical (unpaired) electrons. The van der Waals surface area contributed by atoms with Gasteiger partial charge in [-0.3, -0.25) is 9.78 Å². The van der Waals surface area contributed by atoms with Gasteiger partial charge in [-0.1, -0.05) is 0 Å². The van der Waals surface area contributed by atoms with E-state index < -0.39 is 0 Å². The van der Waals surface area contributed by atoms with Gasteiger partial charge in [0.25, 0.3) is 5.91 Å². The SMILES string of the molecule is Cc1c(C(=O)Nc2ccnc(CNc3cccnc3N)c2)oc2ccc(O)cc12. The van der Waals surface area contributed by atoms with Crippen molar-refractivity contribution in [1.82, 2.24) is 9.97 Å². The fourth-order valence-corrected chi connectivity index (χ4v) is 3.02. The molecule has 0 saturated carbocycles. The smallest absolute Gasteiger partial charge is 0.291 e. The first kappa shape index (κ1) is 18.3. The number of carbonyl (C=O) groups is 1. The van der Waals surface area contributed by atoms with E-state index in [1.165, 1.54) is 6.07 Å². The summed E-state index contributed by atoms with van der Waals surface area (Å²) in [7, 11) is 0. The largest absolute Gasteiger partial charge is 0.508 e. The third-order valence-corrected chi connectivity index (χ3v) is 4.50. The summed E-state index contributed by atoms with van der Waals surface area (Å²) in [5.41, 5.74) is 9.05. The monoisotopic (exact) mass is 389 g/mol. The molecule has 0 aliphatic rings. The minimum absolute atomic E-state index is 0.119. The van der Waals surface area contributed by atoms with E-state index in [0.29, 0.717) is 40.3 Å². The third-order valence-electron chi connectivity index (χ3n) is 4.50. The number of furan rings is 1. The summed E-state index contributed by atoms with van der Waals surface area (Å²) in [5.74, 6) is 0.349. The van der Waals surface area contributed by atoms with Gasteiger partial charge in [0.05, 0.1) is 17.9 Å². The van der Waals surface area contributed by atoms with Crippen LogP contribution in [-0.4, -0.2) is 21.0 Å². The Balaban J connectivity index is 1.50. The van der Waals surface area contributed by atoms with Crippen molar-refractivity contribution in [3.8, 4) is 5.75 Å². The molecule has 0 saturated heterocycles. The quantitative estimate of drug-likeness (QED) is 0.410. The lowest BCUT2D eigenvalue weighted by Gasteiger charge is -2.09. The number of aromatic nitrogens is 2. The maximum absolute atomic E-state index is 12.7. The van der Waals surface area contributed by atoms with E-state index >= 15 is 0 Å². The molecule has 5 N–H and O–H groups in total. The molecule has 0 unspecified atom stereocenters. The molecular formula is C21H19N5O3. The Bertz CT molecular complexity index is 1200. The average molecular weight is 389 g/mol. The number of pyridine rings is 2. The highest BCUT2D eigenvalue weighted by atomic mass is 16.3. The second kappa shape index (κ2) is 7.51. The average Bonchev–Trinajstić information content (AvgIpc) is 3.04. The highest BCUT2D eigenvalue weighted by Gasteiger charge is 2.18. The number of aromatic hydroxyl groups is 1. The van der Waals surface area contributed by atoms with Crippen molar-refractivity contribution >= 4 is 34.1 Å². The van der Waals surface area contributed by atoms with Crippen molar-refractivity contribution in [3.05, 3.63) is 71.9 Å². The molecule has 1 aromatic carbocycles. The highest BCUT2D eigenvalue weighted by molar-refractivity contribution is 6.06. The van der Waals surface area contributed by atoms with E-state index in [1.54, 1.807) is 49.6 Å². The van der Waals surface area contributed by atoms with Crippen LogP contribution in [0, 0.1) is 6.92 Å². The number of nitrogens with zero attached hydrogens (tertiary/aromatic N) is 2. The number of rotatable bonds is 5. The molecule has 0 bridgehead atoms. The summed E-state index contributed by atoms with van der Waals surface area (Å²) in [4.78, 5) is 21.0. The molecule has 146 valence electrons. The fraction of sp³-hybridized carbons (Fsp3) is 0.0952. The van der Waals surface area contributed by atoms with Crippen LogP contribution in [0.25, 0.3) is 11.0 Å². The maximum Gasteiger partial charge on any atom is 0.291 e. The molecule has 0 fully saturated rings. The first-order valence-corrected chi connectivity index (χ1v) is 8.94. The molecule has 4 aromatic rings. The van der Waals surface area contributed by atoms with E-state index in [0.717, 1.165) is 5.69 Å². The Morgan fingerprint density at radius 1 is 1.17 bits per heavy atom. The van der Waals surface area contributed by atoms with Gasteiger partial charge in [0.15, 0.2) is 5.76 Å². The number of anilines is 3. The van der Waals surface area contributed by atoms with Gasteiger partial charge in [0, 0.05) is 29.0 Å². The van der Waals surface area contributed by atoms with Crippen LogP contribution in [0.4, 0.5) is 17.2 Å². The van der Waals surface area contributed by atoms with Gasteiger partial charge in [0.1, 0.15) is 17.2 Å². The number of phenolic OH excluding ortho intramolecular Hbond substituents is 1. The predicted octanol–water partition coefficient (Wildman–Crippen LogP) is 3.68. The first-order valence-electron chi connectivity index (χ1n) is 8.94. The first-order chi connectivity index (χ1) is 14.0. The van der Waals surface area contributed by atoms with Crippen LogP contribution in [0.2, 0.25) is 0 Å². The number of nitrogens with one attached hydrogen (secondary N) is 2. The van der Waals surface area contributed by atoms with Gasteiger partial charge in [0.2, 0.25) is 0 Å². The van der Waals surface area contributed by atoms with E-state index in [-0.39, 0.29) is 17.4 Å². The van der Waals surface area contributed by atoms with Crippen molar-refractivity contribution in [2.24, 2.45) is 0 Å². The Kier molecular flexibility index (Phi) is 4.74. The van der Waals surface area contributed by atoms with Crippen LogP contribution in [0.5, 0.6) is 5.75 Å². The van der Waals surface area contributed by atoms with E-state index in [4.69, 9.17) is 10.2 Å². The number of benzene rings is 1. The molecule has 0 aliphatic heterocycles. The lowest BCUT2D eigenvalue weighted by molar-refractivity contribution is 0.0998. The zero-order valence-electron chi connectivity index (χ0n) is 15.6. The summed E-state index contributed by atoms with van der Waals surface area (Å²) >= 11 is 0. The molecule has 8 heteroatoms. The van der Waals surface area contributed by atoms with Gasteiger partial charge < -0.3 is 25.9 Å². The zero-order chi connectivity index (χ0) is 20.4. The van der Waals surface area contributed by atoms with E-state index in [1.807, 2.05) is 6.07 Å². The summed E-state index contributed by atoms with van der Waals surface area (Å²) < 4.78 is 5.66. The number of carbonyl (C=O) groups excluding carboxylic acids is 1. The number of hydrogen-bond acceptors (Lipinski definition) is 7. The number of nitrogen functional groups attached to an aromatic ring is 1. The van der Waals surface area contributed by atoms with Crippen molar-refractivity contribution in [2.45, 2.75) is 13.5 Å². The van der Waals surface area contributed by atoms with E-state index in [9.17, 15) is 9.90 Å². The minimum atomic E-state index is -0.375. The van der Waals surface area contributed by atoms with Crippen molar-refractivity contribution in [3.63, 3.8) is 0 Å². The second-order valence-corrected chi connectivity index (χ2v) is 6.52. The normalized spacial score (nSPS) is 10.8. The zero-order valence-corrected chi connectivity index (χ0v) is 15.6. The van der Waals surface area contributed by atoms with Crippen LogP contribution in [0.3, 0.4) is 0 Å². The maximum atomic E-state index is 12.7. The second-order valence-electron chi connectivity index (χ2n) is 6.52. The van der Waals surface area contributed by atoms with Crippen molar-refractivity contribution in [2.75, 3.05) is 16.4 Å². The van der Waals surface area contributed by atoms with Crippen LogP contribution >= 0.6 is 0 Å². The van der Waals surface area contributed by atoms with Crippen LogP contribution in [-0.2, 0) is 6.54 Å². The summed E-state index contributed by atoms with van der Waals surface area (Å²) in [6.45, 7) is 2.20. The van der Waals surface area contributed by atoms with E-state index in [2.05, 4.69) is 20.6 Å². The number of aryl methyl sites for hydroxylation is 1. The lowest BCUT2D eigenvalue weighted by atomic mass is 10.1. The van der Waals surface area contributed by atoms with Gasteiger partial charge in [-0.25, -0.2) is 4.98 Å². The Morgan fingerprint density at radius 3 is 2.86 bits per heavy atom. The Hall–Kier alpha value is -4.07. The summed E-state index contributed by atoms with van der Waals surface area (Å²) in [6.07, 6.45) is 3.24. The number of amides is 1.